The van der Waals surface area contributed by atoms with E-state index in [0.29, 0.717) is 37.1 Å². The van der Waals surface area contributed by atoms with Crippen molar-refractivity contribution in [1.29, 1.82) is 0 Å². The first kappa shape index (κ1) is 18.7. The second-order valence-electron chi connectivity index (χ2n) is 6.51. The van der Waals surface area contributed by atoms with E-state index in [1.54, 1.807) is 31.5 Å². The van der Waals surface area contributed by atoms with Crippen LogP contribution in [0.4, 0.5) is 4.39 Å². The quantitative estimate of drug-likeness (QED) is 0.284. The second-order valence-corrected chi connectivity index (χ2v) is 6.51. The molecule has 0 radical (unpaired) electrons. The molecule has 4 N–H and O–H groups in total. The number of hydrogen-bond donors (Lipinski definition) is 4. The van der Waals surface area contributed by atoms with Crippen molar-refractivity contribution in [2.45, 2.75) is 12.8 Å². The summed E-state index contributed by atoms with van der Waals surface area (Å²) >= 11 is 0. The van der Waals surface area contributed by atoms with Gasteiger partial charge in [0.05, 0.1) is 6.26 Å². The number of aliphatic imine (C=N–C) groups is 1. The van der Waals surface area contributed by atoms with Gasteiger partial charge in [-0.2, -0.15) is 5.10 Å². The molecule has 0 spiro atoms. The molecular weight excluding hydrogens is 373 g/mol. The molecule has 0 aliphatic rings. The lowest BCUT2D eigenvalue weighted by Gasteiger charge is -2.11. The highest BCUT2D eigenvalue weighted by molar-refractivity contribution is 5.83. The Hall–Kier alpha value is -3.62. The van der Waals surface area contributed by atoms with E-state index in [4.69, 9.17) is 4.42 Å². The monoisotopic (exact) mass is 395 g/mol. The minimum absolute atomic E-state index is 0.230. The first-order valence-corrected chi connectivity index (χ1v) is 9.38. The maximum Gasteiger partial charge on any atom is 0.216 e. The largest absolute Gasteiger partial charge is 0.461 e. The van der Waals surface area contributed by atoms with Gasteiger partial charge in [0, 0.05) is 43.7 Å². The summed E-state index contributed by atoms with van der Waals surface area (Å²) in [5.41, 5.74) is 2.00. The number of hydrogen-bond acceptors (Lipinski definition) is 4. The van der Waals surface area contributed by atoms with Crippen LogP contribution in [0.2, 0.25) is 0 Å². The molecule has 3 heterocycles. The van der Waals surface area contributed by atoms with Gasteiger partial charge in [-0.25, -0.2) is 9.37 Å². The summed E-state index contributed by atoms with van der Waals surface area (Å²) in [7, 11) is 1.72. The van der Waals surface area contributed by atoms with E-state index in [9.17, 15) is 4.39 Å². The Morgan fingerprint density at radius 1 is 1.21 bits per heavy atom. The maximum atomic E-state index is 13.5. The summed E-state index contributed by atoms with van der Waals surface area (Å²) in [6.45, 7) is 1.32. The first-order chi connectivity index (χ1) is 14.2. The number of rotatable bonds is 7. The zero-order valence-electron chi connectivity index (χ0n) is 16.0. The Labute approximate surface area is 166 Å². The van der Waals surface area contributed by atoms with Gasteiger partial charge in [-0.05, 0) is 42.3 Å². The van der Waals surface area contributed by atoms with Crippen molar-refractivity contribution < 1.29 is 8.81 Å². The predicted octanol–water partition coefficient (Wildman–Crippen LogP) is 2.64. The summed E-state index contributed by atoms with van der Waals surface area (Å²) < 4.78 is 18.8. The Morgan fingerprint density at radius 3 is 2.86 bits per heavy atom. The van der Waals surface area contributed by atoms with Crippen LogP contribution in [-0.4, -0.2) is 46.3 Å². The zero-order chi connectivity index (χ0) is 20.1. The number of H-pyrrole nitrogens is 2. The Bertz CT molecular complexity index is 1100. The fraction of sp³-hybridized carbons (Fsp3) is 0.250. The molecule has 8 nitrogen and oxygen atoms in total. The number of fused-ring (bicyclic) bond motifs is 1. The molecule has 9 heteroatoms. The number of furan rings is 1. The molecule has 0 atom stereocenters. The van der Waals surface area contributed by atoms with Crippen molar-refractivity contribution in [3.05, 3.63) is 60.0 Å². The van der Waals surface area contributed by atoms with Crippen LogP contribution < -0.4 is 10.6 Å². The van der Waals surface area contributed by atoms with E-state index in [1.807, 2.05) is 12.3 Å². The van der Waals surface area contributed by atoms with Crippen molar-refractivity contribution in [1.82, 2.24) is 30.8 Å². The molecule has 3 aromatic heterocycles. The normalized spacial score (nSPS) is 11.9. The molecule has 0 bridgehead atoms. The van der Waals surface area contributed by atoms with Crippen LogP contribution in [0.1, 0.15) is 11.4 Å². The van der Waals surface area contributed by atoms with Crippen LogP contribution in [0, 0.1) is 5.82 Å². The van der Waals surface area contributed by atoms with Gasteiger partial charge < -0.3 is 20.0 Å². The average molecular weight is 395 g/mol. The summed E-state index contributed by atoms with van der Waals surface area (Å²) in [4.78, 5) is 11.8. The standard InChI is InChI=1S/C20H22FN7O/c1-22-20(23-8-6-13-12-25-16-5-4-14(21)11-15(13)16)24-9-7-18-26-19(28-27-18)17-3-2-10-29-17/h2-5,10-12,25H,6-9H2,1H3,(H2,22,23,24)(H,26,27,28). The molecule has 150 valence electrons. The second kappa shape index (κ2) is 8.59. The van der Waals surface area contributed by atoms with Crippen molar-refractivity contribution in [2.24, 2.45) is 4.99 Å². The lowest BCUT2D eigenvalue weighted by Crippen LogP contribution is -2.39. The zero-order valence-corrected chi connectivity index (χ0v) is 16.0. The fourth-order valence-corrected chi connectivity index (χ4v) is 3.12. The van der Waals surface area contributed by atoms with E-state index >= 15 is 0 Å². The number of benzene rings is 1. The third kappa shape index (κ3) is 4.45. The van der Waals surface area contributed by atoms with Gasteiger partial charge in [-0.3, -0.25) is 10.1 Å². The van der Waals surface area contributed by atoms with Crippen LogP contribution in [0.25, 0.3) is 22.5 Å². The minimum Gasteiger partial charge on any atom is -0.461 e. The van der Waals surface area contributed by atoms with Gasteiger partial charge in [0.1, 0.15) is 11.6 Å². The van der Waals surface area contributed by atoms with Crippen molar-refractivity contribution in [2.75, 3.05) is 20.1 Å². The molecule has 0 aliphatic heterocycles. The number of nitrogens with zero attached hydrogens (tertiary/aromatic N) is 3. The van der Waals surface area contributed by atoms with Gasteiger partial charge in [0.2, 0.25) is 5.82 Å². The summed E-state index contributed by atoms with van der Waals surface area (Å²) in [6.07, 6.45) is 4.92. The van der Waals surface area contributed by atoms with E-state index in [2.05, 4.69) is 35.8 Å². The molecule has 0 amide bonds. The highest BCUT2D eigenvalue weighted by Crippen LogP contribution is 2.19. The van der Waals surface area contributed by atoms with Crippen molar-refractivity contribution in [3.8, 4) is 11.6 Å². The first-order valence-electron chi connectivity index (χ1n) is 9.38. The third-order valence-electron chi connectivity index (χ3n) is 4.57. The molecule has 4 rings (SSSR count). The summed E-state index contributed by atoms with van der Waals surface area (Å²) in [5, 5.41) is 14.5. The van der Waals surface area contributed by atoms with Crippen LogP contribution in [0.15, 0.2) is 52.2 Å². The van der Waals surface area contributed by atoms with Gasteiger partial charge >= 0.3 is 0 Å². The smallest absolute Gasteiger partial charge is 0.216 e. The number of guanidine groups is 1. The molecule has 0 saturated carbocycles. The number of halogens is 1. The fourth-order valence-electron chi connectivity index (χ4n) is 3.12. The average Bonchev–Trinajstić information content (AvgIpc) is 3.47. The molecule has 1 aromatic carbocycles. The van der Waals surface area contributed by atoms with Gasteiger partial charge in [-0.1, -0.05) is 0 Å². The highest BCUT2D eigenvalue weighted by Gasteiger charge is 2.09. The lowest BCUT2D eigenvalue weighted by atomic mass is 10.1. The Morgan fingerprint density at radius 2 is 2.07 bits per heavy atom. The van der Waals surface area contributed by atoms with E-state index in [1.165, 1.54) is 6.07 Å². The van der Waals surface area contributed by atoms with E-state index < -0.39 is 0 Å². The van der Waals surface area contributed by atoms with Crippen molar-refractivity contribution in [3.63, 3.8) is 0 Å². The van der Waals surface area contributed by atoms with Crippen LogP contribution >= 0.6 is 0 Å². The number of aromatic nitrogens is 4. The lowest BCUT2D eigenvalue weighted by molar-refractivity contribution is 0.577. The number of aromatic amines is 2. The summed E-state index contributed by atoms with van der Waals surface area (Å²) in [6, 6.07) is 8.39. The number of nitrogens with one attached hydrogen (secondary N) is 4. The molecule has 0 unspecified atom stereocenters. The van der Waals surface area contributed by atoms with Crippen molar-refractivity contribution >= 4 is 16.9 Å². The SMILES string of the molecule is CN=C(NCCc1nc(-c2ccco2)n[nH]1)NCCc1c[nH]c2ccc(F)cc12. The topological polar surface area (TPSA) is 107 Å². The van der Waals surface area contributed by atoms with Crippen LogP contribution in [0.3, 0.4) is 0 Å². The molecular formula is C20H22FN7O. The van der Waals surface area contributed by atoms with Crippen LogP contribution in [-0.2, 0) is 12.8 Å². The van der Waals surface area contributed by atoms with Crippen LogP contribution in [0.5, 0.6) is 0 Å². The third-order valence-corrected chi connectivity index (χ3v) is 4.57. The van der Waals surface area contributed by atoms with Gasteiger partial charge in [0.15, 0.2) is 11.7 Å². The molecule has 0 saturated heterocycles. The molecule has 29 heavy (non-hydrogen) atoms. The molecule has 0 aliphatic carbocycles. The highest BCUT2D eigenvalue weighted by atomic mass is 19.1. The van der Waals surface area contributed by atoms with E-state index in [-0.39, 0.29) is 5.82 Å². The Balaban J connectivity index is 1.24. The minimum atomic E-state index is -0.230. The predicted molar refractivity (Wildman–Crippen MR) is 109 cm³/mol. The maximum absolute atomic E-state index is 13.5. The van der Waals surface area contributed by atoms with E-state index in [0.717, 1.165) is 28.7 Å². The molecule has 4 aromatic rings. The summed E-state index contributed by atoms with van der Waals surface area (Å²) in [5.74, 6) is 2.41. The van der Waals surface area contributed by atoms with Gasteiger partial charge in [-0.15, -0.1) is 0 Å². The molecule has 0 fully saturated rings. The van der Waals surface area contributed by atoms with Gasteiger partial charge in [0.25, 0.3) is 0 Å². The Kier molecular flexibility index (Phi) is 5.55.